The lowest BCUT2D eigenvalue weighted by molar-refractivity contribution is -0.0197. The highest BCUT2D eigenvalue weighted by molar-refractivity contribution is 8.00. The topological polar surface area (TPSA) is 29.5 Å². The van der Waals surface area contributed by atoms with Gasteiger partial charge in [0.2, 0.25) is 6.29 Å². The minimum atomic E-state index is -0.676. The van der Waals surface area contributed by atoms with Gasteiger partial charge in [0.1, 0.15) is 5.75 Å². The van der Waals surface area contributed by atoms with E-state index in [1.807, 2.05) is 31.2 Å². The van der Waals surface area contributed by atoms with Crippen LogP contribution in [0, 0.1) is 0 Å². The molecule has 2 atom stereocenters. The van der Waals surface area contributed by atoms with Crippen LogP contribution in [-0.4, -0.2) is 16.6 Å². The van der Waals surface area contributed by atoms with Crippen molar-refractivity contribution in [3.8, 4) is 5.75 Å². The predicted octanol–water partition coefficient (Wildman–Crippen LogP) is 1.88. The highest BCUT2D eigenvalue weighted by Gasteiger charge is 2.24. The summed E-state index contributed by atoms with van der Waals surface area (Å²) in [5, 5.41) is 9.49. The van der Waals surface area contributed by atoms with Gasteiger partial charge in [-0.15, -0.1) is 11.8 Å². The maximum absolute atomic E-state index is 9.38. The van der Waals surface area contributed by atoms with Crippen molar-refractivity contribution in [3.05, 3.63) is 24.3 Å². The smallest absolute Gasteiger partial charge is 0.209 e. The zero-order valence-corrected chi connectivity index (χ0v) is 7.54. The zero-order valence-electron chi connectivity index (χ0n) is 6.73. The summed E-state index contributed by atoms with van der Waals surface area (Å²) in [4.78, 5) is 1.11. The molecule has 1 aliphatic heterocycles. The summed E-state index contributed by atoms with van der Waals surface area (Å²) in [7, 11) is 0. The van der Waals surface area contributed by atoms with Gasteiger partial charge in [0.15, 0.2) is 0 Å². The Morgan fingerprint density at radius 3 is 3.00 bits per heavy atom. The van der Waals surface area contributed by atoms with Crippen molar-refractivity contribution in [1.29, 1.82) is 0 Å². The van der Waals surface area contributed by atoms with E-state index in [0.29, 0.717) is 0 Å². The van der Waals surface area contributed by atoms with E-state index in [4.69, 9.17) is 4.74 Å². The molecule has 0 aromatic heterocycles. The van der Waals surface area contributed by atoms with Crippen LogP contribution >= 0.6 is 11.8 Å². The van der Waals surface area contributed by atoms with Crippen LogP contribution in [0.25, 0.3) is 0 Å². The fourth-order valence-electron chi connectivity index (χ4n) is 1.13. The summed E-state index contributed by atoms with van der Waals surface area (Å²) >= 11 is 1.64. The van der Waals surface area contributed by atoms with E-state index in [0.717, 1.165) is 10.6 Å². The molecule has 0 aliphatic carbocycles. The Kier molecular flexibility index (Phi) is 1.98. The molecule has 1 N–H and O–H groups in total. The van der Waals surface area contributed by atoms with Crippen LogP contribution in [0.1, 0.15) is 6.92 Å². The molecule has 1 aromatic rings. The zero-order chi connectivity index (χ0) is 8.55. The fourth-order valence-corrected chi connectivity index (χ4v) is 2.09. The van der Waals surface area contributed by atoms with Gasteiger partial charge in [0.25, 0.3) is 0 Å². The van der Waals surface area contributed by atoms with Crippen LogP contribution in [-0.2, 0) is 0 Å². The number of aliphatic hydroxyl groups is 1. The molecule has 1 aromatic carbocycles. The molecule has 1 heterocycles. The molecule has 3 heteroatoms. The Labute approximate surface area is 75.6 Å². The highest BCUT2D eigenvalue weighted by Crippen LogP contribution is 2.38. The van der Waals surface area contributed by atoms with Gasteiger partial charge in [-0.2, -0.15) is 0 Å². The highest BCUT2D eigenvalue weighted by atomic mass is 32.2. The second-order valence-electron chi connectivity index (χ2n) is 2.78. The van der Waals surface area contributed by atoms with Gasteiger partial charge in [-0.1, -0.05) is 12.1 Å². The van der Waals surface area contributed by atoms with Crippen molar-refractivity contribution in [3.63, 3.8) is 0 Å². The van der Waals surface area contributed by atoms with E-state index < -0.39 is 6.29 Å². The number of rotatable bonds is 0. The molecule has 64 valence electrons. The summed E-state index contributed by atoms with van der Waals surface area (Å²) in [6.07, 6.45) is -0.676. The first-order chi connectivity index (χ1) is 5.77. The van der Waals surface area contributed by atoms with E-state index in [1.165, 1.54) is 0 Å². The second kappa shape index (κ2) is 2.99. The quantitative estimate of drug-likeness (QED) is 0.664. The molecule has 0 saturated carbocycles. The molecular formula is C9H10O2S. The van der Waals surface area contributed by atoms with Gasteiger partial charge in [-0.25, -0.2) is 0 Å². The molecule has 0 amide bonds. The fraction of sp³-hybridized carbons (Fsp3) is 0.333. The van der Waals surface area contributed by atoms with Crippen LogP contribution in [0.4, 0.5) is 0 Å². The summed E-state index contributed by atoms with van der Waals surface area (Å²) in [5.41, 5.74) is 0. The molecule has 2 rings (SSSR count). The van der Waals surface area contributed by atoms with Crippen LogP contribution < -0.4 is 4.74 Å². The van der Waals surface area contributed by atoms with Crippen molar-refractivity contribution in [2.24, 2.45) is 0 Å². The Morgan fingerprint density at radius 2 is 2.17 bits per heavy atom. The maximum atomic E-state index is 9.38. The molecular weight excluding hydrogens is 172 g/mol. The molecule has 0 spiro atoms. The van der Waals surface area contributed by atoms with Crippen LogP contribution in [0.3, 0.4) is 0 Å². The molecule has 0 saturated heterocycles. The summed E-state index contributed by atoms with van der Waals surface area (Å²) < 4.78 is 5.28. The monoisotopic (exact) mass is 182 g/mol. The summed E-state index contributed by atoms with van der Waals surface area (Å²) in [6.45, 7) is 1.95. The molecule has 0 bridgehead atoms. The van der Waals surface area contributed by atoms with Crippen molar-refractivity contribution in [2.45, 2.75) is 23.4 Å². The normalized spacial score (nSPS) is 27.5. The van der Waals surface area contributed by atoms with Gasteiger partial charge in [-0.05, 0) is 19.1 Å². The van der Waals surface area contributed by atoms with Crippen LogP contribution in [0.15, 0.2) is 29.2 Å². The third-order valence-electron chi connectivity index (χ3n) is 1.81. The van der Waals surface area contributed by atoms with Crippen molar-refractivity contribution < 1.29 is 9.84 Å². The number of thioether (sulfide) groups is 1. The van der Waals surface area contributed by atoms with Gasteiger partial charge in [0.05, 0.1) is 5.25 Å². The summed E-state index contributed by atoms with van der Waals surface area (Å²) in [5.74, 6) is 0.785. The number of hydrogen-bond acceptors (Lipinski definition) is 3. The van der Waals surface area contributed by atoms with Gasteiger partial charge < -0.3 is 9.84 Å². The van der Waals surface area contributed by atoms with E-state index in [2.05, 4.69) is 0 Å². The molecule has 2 nitrogen and oxygen atoms in total. The maximum Gasteiger partial charge on any atom is 0.209 e. The minimum absolute atomic E-state index is 0.111. The first kappa shape index (κ1) is 7.95. The van der Waals surface area contributed by atoms with Gasteiger partial charge in [-0.3, -0.25) is 0 Å². The predicted molar refractivity (Wildman–Crippen MR) is 48.4 cm³/mol. The number of ether oxygens (including phenoxy) is 1. The Morgan fingerprint density at radius 1 is 1.42 bits per heavy atom. The molecule has 1 aliphatic rings. The largest absolute Gasteiger partial charge is 0.463 e. The molecule has 0 fully saturated rings. The lowest BCUT2D eigenvalue weighted by Crippen LogP contribution is -2.29. The first-order valence-corrected chi connectivity index (χ1v) is 4.76. The first-order valence-electron chi connectivity index (χ1n) is 3.88. The van der Waals surface area contributed by atoms with E-state index >= 15 is 0 Å². The number of aliphatic hydroxyl groups excluding tert-OH is 1. The lowest BCUT2D eigenvalue weighted by atomic mass is 10.3. The van der Waals surface area contributed by atoms with Crippen molar-refractivity contribution >= 4 is 11.8 Å². The van der Waals surface area contributed by atoms with Crippen LogP contribution in [0.5, 0.6) is 5.75 Å². The van der Waals surface area contributed by atoms with E-state index in [-0.39, 0.29) is 5.25 Å². The Balaban J connectivity index is 2.34. The van der Waals surface area contributed by atoms with E-state index in [1.54, 1.807) is 11.8 Å². The number of para-hydroxylation sites is 1. The third-order valence-corrected chi connectivity index (χ3v) is 3.01. The standard InChI is InChI=1S/C9H10O2S/c1-6-9(10)11-7-4-2-3-5-8(7)12-6/h2-6,9-10H,1H3. The SMILES string of the molecule is CC1Sc2ccccc2OC1O. The number of hydrogen-bond donors (Lipinski definition) is 1. The lowest BCUT2D eigenvalue weighted by Gasteiger charge is -2.26. The number of benzene rings is 1. The number of fused-ring (bicyclic) bond motifs is 1. The molecule has 12 heavy (non-hydrogen) atoms. The third kappa shape index (κ3) is 1.30. The van der Waals surface area contributed by atoms with Crippen molar-refractivity contribution in [2.75, 3.05) is 0 Å². The summed E-state index contributed by atoms with van der Waals surface area (Å²) in [6, 6.07) is 7.75. The van der Waals surface area contributed by atoms with Crippen LogP contribution in [0.2, 0.25) is 0 Å². The van der Waals surface area contributed by atoms with Gasteiger partial charge >= 0.3 is 0 Å². The second-order valence-corrected chi connectivity index (χ2v) is 4.20. The van der Waals surface area contributed by atoms with E-state index in [9.17, 15) is 5.11 Å². The average Bonchev–Trinajstić information content (AvgIpc) is 2.07. The van der Waals surface area contributed by atoms with Gasteiger partial charge in [0, 0.05) is 4.90 Å². The Hall–Kier alpha value is -0.670. The molecule has 2 unspecified atom stereocenters. The average molecular weight is 182 g/mol. The molecule has 0 radical (unpaired) electrons. The Bertz CT molecular complexity index is 259. The minimum Gasteiger partial charge on any atom is -0.463 e. The van der Waals surface area contributed by atoms with Crippen molar-refractivity contribution in [1.82, 2.24) is 0 Å².